The lowest BCUT2D eigenvalue weighted by Crippen LogP contribution is -2.14. The Hall–Kier alpha value is -1.13. The fraction of sp³-hybridized carbons (Fsp3) is 0.125. The van der Waals surface area contributed by atoms with Gasteiger partial charge in [0.05, 0.1) is 10.2 Å². The van der Waals surface area contributed by atoms with E-state index in [1.54, 1.807) is 11.3 Å². The van der Waals surface area contributed by atoms with Gasteiger partial charge in [0.1, 0.15) is 0 Å². The Labute approximate surface area is 72.8 Å². The Kier molecular flexibility index (Phi) is 1.71. The van der Waals surface area contributed by atoms with Gasteiger partial charge in [0, 0.05) is 12.1 Å². The first-order valence-electron chi connectivity index (χ1n) is 3.61. The van der Waals surface area contributed by atoms with E-state index in [9.17, 15) is 4.79 Å². The molecule has 62 valence electrons. The summed E-state index contributed by atoms with van der Waals surface area (Å²) < 4.78 is 1.08. The molecule has 2 rings (SSSR count). The van der Waals surface area contributed by atoms with E-state index in [4.69, 9.17) is 5.73 Å². The van der Waals surface area contributed by atoms with Crippen molar-refractivity contribution < 1.29 is 0 Å². The molecule has 0 fully saturated rings. The molecule has 3 nitrogen and oxygen atoms in total. The molecular formula is C8H8N2OS. The van der Waals surface area contributed by atoms with Crippen LogP contribution in [0.1, 0.15) is 5.56 Å². The van der Waals surface area contributed by atoms with Crippen molar-refractivity contribution in [3.8, 4) is 0 Å². The standard InChI is InChI=1S/C8H8N2OS/c9-4-5-3-7-6(1-2-12-7)10-8(5)11/h1-3H,4,9H2,(H,10,11). The van der Waals surface area contributed by atoms with Crippen LogP contribution in [0.15, 0.2) is 22.3 Å². The summed E-state index contributed by atoms with van der Waals surface area (Å²) in [5.74, 6) is 0. The fourth-order valence-electron chi connectivity index (χ4n) is 1.11. The molecule has 0 aliphatic rings. The second-order valence-corrected chi connectivity index (χ2v) is 3.47. The van der Waals surface area contributed by atoms with Crippen LogP contribution in [0, 0.1) is 0 Å². The number of aromatic nitrogens is 1. The number of thiophene rings is 1. The number of hydrogen-bond acceptors (Lipinski definition) is 3. The lowest BCUT2D eigenvalue weighted by Gasteiger charge is -1.94. The lowest BCUT2D eigenvalue weighted by molar-refractivity contribution is 1.03. The molecule has 2 aromatic heterocycles. The minimum Gasteiger partial charge on any atom is -0.326 e. The van der Waals surface area contributed by atoms with Crippen molar-refractivity contribution in [1.82, 2.24) is 4.98 Å². The number of rotatable bonds is 1. The number of aromatic amines is 1. The van der Waals surface area contributed by atoms with Crippen LogP contribution in [0.25, 0.3) is 10.2 Å². The quantitative estimate of drug-likeness (QED) is 0.689. The number of H-pyrrole nitrogens is 1. The van der Waals surface area contributed by atoms with Gasteiger partial charge < -0.3 is 10.7 Å². The van der Waals surface area contributed by atoms with E-state index in [2.05, 4.69) is 4.98 Å². The van der Waals surface area contributed by atoms with Gasteiger partial charge in [-0.05, 0) is 17.5 Å². The van der Waals surface area contributed by atoms with E-state index in [0.29, 0.717) is 12.1 Å². The molecule has 0 radical (unpaired) electrons. The van der Waals surface area contributed by atoms with Crippen LogP contribution in [0.4, 0.5) is 0 Å². The molecule has 4 heteroatoms. The molecule has 2 aromatic rings. The largest absolute Gasteiger partial charge is 0.326 e. The molecule has 0 bridgehead atoms. The molecule has 3 N–H and O–H groups in total. The van der Waals surface area contributed by atoms with Gasteiger partial charge in [0.25, 0.3) is 5.56 Å². The fourth-order valence-corrected chi connectivity index (χ4v) is 1.92. The third-order valence-corrected chi connectivity index (χ3v) is 2.62. The van der Waals surface area contributed by atoms with Crippen molar-refractivity contribution in [2.45, 2.75) is 6.54 Å². The molecular weight excluding hydrogens is 172 g/mol. The van der Waals surface area contributed by atoms with Gasteiger partial charge in [-0.2, -0.15) is 0 Å². The van der Waals surface area contributed by atoms with E-state index >= 15 is 0 Å². The highest BCUT2D eigenvalue weighted by atomic mass is 32.1. The highest BCUT2D eigenvalue weighted by molar-refractivity contribution is 7.17. The van der Waals surface area contributed by atoms with Crippen LogP contribution in [0.2, 0.25) is 0 Å². The molecule has 0 saturated heterocycles. The number of nitrogens with two attached hydrogens (primary N) is 1. The van der Waals surface area contributed by atoms with Crippen LogP contribution in [-0.4, -0.2) is 4.98 Å². The summed E-state index contributed by atoms with van der Waals surface area (Å²) in [4.78, 5) is 14.0. The zero-order chi connectivity index (χ0) is 8.55. The van der Waals surface area contributed by atoms with E-state index in [-0.39, 0.29) is 5.56 Å². The number of hydrogen-bond donors (Lipinski definition) is 2. The number of fused-ring (bicyclic) bond motifs is 1. The second-order valence-electron chi connectivity index (χ2n) is 2.53. The minimum absolute atomic E-state index is 0.0802. The maximum Gasteiger partial charge on any atom is 0.252 e. The van der Waals surface area contributed by atoms with Crippen molar-refractivity contribution in [2.24, 2.45) is 5.73 Å². The molecule has 0 aliphatic carbocycles. The van der Waals surface area contributed by atoms with Gasteiger partial charge in [-0.3, -0.25) is 4.79 Å². The Morgan fingerprint density at radius 2 is 2.42 bits per heavy atom. The smallest absolute Gasteiger partial charge is 0.252 e. The first-order valence-corrected chi connectivity index (χ1v) is 4.48. The normalized spacial score (nSPS) is 10.8. The Morgan fingerprint density at radius 3 is 3.17 bits per heavy atom. The summed E-state index contributed by atoms with van der Waals surface area (Å²) >= 11 is 1.60. The van der Waals surface area contributed by atoms with E-state index in [1.165, 1.54) is 0 Å². The van der Waals surface area contributed by atoms with E-state index in [0.717, 1.165) is 10.2 Å². The minimum atomic E-state index is -0.0802. The SMILES string of the molecule is NCc1cc2sccc2[nH]c1=O. The van der Waals surface area contributed by atoms with Crippen LogP contribution in [0.5, 0.6) is 0 Å². The third kappa shape index (κ3) is 1.05. The maximum atomic E-state index is 11.2. The van der Waals surface area contributed by atoms with Crippen molar-refractivity contribution in [3.63, 3.8) is 0 Å². The van der Waals surface area contributed by atoms with Crippen molar-refractivity contribution in [1.29, 1.82) is 0 Å². The van der Waals surface area contributed by atoms with Gasteiger partial charge in [-0.25, -0.2) is 0 Å². The zero-order valence-electron chi connectivity index (χ0n) is 6.33. The summed E-state index contributed by atoms with van der Waals surface area (Å²) in [5.41, 5.74) is 6.85. The molecule has 12 heavy (non-hydrogen) atoms. The summed E-state index contributed by atoms with van der Waals surface area (Å²) in [6.07, 6.45) is 0. The van der Waals surface area contributed by atoms with Crippen molar-refractivity contribution in [3.05, 3.63) is 33.4 Å². The highest BCUT2D eigenvalue weighted by Crippen LogP contribution is 2.17. The number of pyridine rings is 1. The monoisotopic (exact) mass is 180 g/mol. The van der Waals surface area contributed by atoms with Gasteiger partial charge in [-0.15, -0.1) is 11.3 Å². The average molecular weight is 180 g/mol. The summed E-state index contributed by atoms with van der Waals surface area (Å²) in [6.45, 7) is 0.295. The second kappa shape index (κ2) is 2.73. The van der Waals surface area contributed by atoms with E-state index < -0.39 is 0 Å². The molecule has 0 amide bonds. The predicted molar refractivity (Wildman–Crippen MR) is 50.3 cm³/mol. The summed E-state index contributed by atoms with van der Waals surface area (Å²) in [5, 5.41) is 1.95. The van der Waals surface area contributed by atoms with Crippen LogP contribution in [-0.2, 0) is 6.54 Å². The summed E-state index contributed by atoms with van der Waals surface area (Å²) in [7, 11) is 0. The first kappa shape index (κ1) is 7.52. The maximum absolute atomic E-state index is 11.2. The van der Waals surface area contributed by atoms with Gasteiger partial charge >= 0.3 is 0 Å². The molecule has 0 spiro atoms. The van der Waals surface area contributed by atoms with Crippen molar-refractivity contribution >= 4 is 21.6 Å². The van der Waals surface area contributed by atoms with Crippen LogP contribution in [0.3, 0.4) is 0 Å². The molecule has 0 atom stereocenters. The predicted octanol–water partition coefficient (Wildman–Crippen LogP) is 1.05. The lowest BCUT2D eigenvalue weighted by atomic mass is 10.2. The van der Waals surface area contributed by atoms with Gasteiger partial charge in [0.15, 0.2) is 0 Å². The molecule has 0 saturated carbocycles. The average Bonchev–Trinajstić information content (AvgIpc) is 2.49. The Balaban J connectivity index is 2.82. The highest BCUT2D eigenvalue weighted by Gasteiger charge is 2.00. The Morgan fingerprint density at radius 1 is 1.58 bits per heavy atom. The zero-order valence-corrected chi connectivity index (χ0v) is 7.15. The molecule has 0 unspecified atom stereocenters. The van der Waals surface area contributed by atoms with E-state index in [1.807, 2.05) is 17.5 Å². The molecule has 0 aromatic carbocycles. The first-order chi connectivity index (χ1) is 5.81. The van der Waals surface area contributed by atoms with Gasteiger partial charge in [0.2, 0.25) is 0 Å². The molecule has 0 aliphatic heterocycles. The molecule has 2 heterocycles. The van der Waals surface area contributed by atoms with Crippen LogP contribution >= 0.6 is 11.3 Å². The Bertz CT molecular complexity index is 457. The topological polar surface area (TPSA) is 58.9 Å². The van der Waals surface area contributed by atoms with Crippen LogP contribution < -0.4 is 11.3 Å². The number of nitrogens with one attached hydrogen (secondary N) is 1. The third-order valence-electron chi connectivity index (χ3n) is 1.76. The van der Waals surface area contributed by atoms with Gasteiger partial charge in [-0.1, -0.05) is 0 Å². The van der Waals surface area contributed by atoms with Crippen molar-refractivity contribution in [2.75, 3.05) is 0 Å². The summed E-state index contributed by atoms with van der Waals surface area (Å²) in [6, 6.07) is 3.74.